The largest absolute Gasteiger partial charge is 0.350 e. The van der Waals surface area contributed by atoms with Crippen molar-refractivity contribution in [1.29, 1.82) is 0 Å². The van der Waals surface area contributed by atoms with Crippen molar-refractivity contribution < 1.29 is 4.79 Å². The summed E-state index contributed by atoms with van der Waals surface area (Å²) < 4.78 is 0. The van der Waals surface area contributed by atoms with Gasteiger partial charge in [0, 0.05) is 18.5 Å². The maximum atomic E-state index is 10.7. The molecule has 0 unspecified atom stereocenters. The number of nitrogens with one attached hydrogen (secondary N) is 1. The molecule has 9 heavy (non-hydrogen) atoms. The summed E-state index contributed by atoms with van der Waals surface area (Å²) in [6.45, 7) is 2.51. The fourth-order valence-electron chi connectivity index (χ4n) is 1.00. The molecule has 3 heteroatoms. The number of carbonyl (C=O) groups excluding carboxylic acids is 1. The molecular weight excluding hydrogens is 116 g/mol. The molecule has 3 N–H and O–H groups in total. The Hall–Kier alpha value is -0.570. The molecule has 1 aliphatic heterocycles. The molecular formula is C6H12N2O. The Morgan fingerprint density at radius 2 is 2.56 bits per heavy atom. The molecule has 0 bridgehead atoms. The molecule has 0 radical (unpaired) electrons. The highest BCUT2D eigenvalue weighted by molar-refractivity contribution is 5.79. The van der Waals surface area contributed by atoms with E-state index in [1.165, 1.54) is 0 Å². The van der Waals surface area contributed by atoms with Gasteiger partial charge in [0.25, 0.3) is 0 Å². The quantitative estimate of drug-likeness (QED) is 0.505. The van der Waals surface area contributed by atoms with E-state index in [0.29, 0.717) is 13.0 Å². The van der Waals surface area contributed by atoms with Crippen LogP contribution in [0.3, 0.4) is 0 Å². The van der Waals surface area contributed by atoms with Crippen LogP contribution in [0.1, 0.15) is 19.8 Å². The van der Waals surface area contributed by atoms with Crippen LogP contribution in [-0.4, -0.2) is 18.0 Å². The number of hydrogen-bond acceptors (Lipinski definition) is 2. The van der Waals surface area contributed by atoms with Crippen molar-refractivity contribution in [2.45, 2.75) is 25.3 Å². The average Bonchev–Trinajstić information content (AvgIpc) is 2.13. The first kappa shape index (κ1) is 6.55. The molecule has 1 amide bonds. The number of nitrogens with two attached hydrogens (primary N) is 1. The van der Waals surface area contributed by atoms with Gasteiger partial charge in [0.1, 0.15) is 0 Å². The third kappa shape index (κ3) is 1.21. The lowest BCUT2D eigenvalue weighted by Crippen LogP contribution is -2.44. The zero-order valence-electron chi connectivity index (χ0n) is 5.61. The molecule has 1 fully saturated rings. The molecule has 1 saturated heterocycles. The summed E-state index contributed by atoms with van der Waals surface area (Å²) >= 11 is 0. The second-order valence-electron chi connectivity index (χ2n) is 2.81. The van der Waals surface area contributed by atoms with E-state index in [1.807, 2.05) is 6.92 Å². The van der Waals surface area contributed by atoms with Crippen LogP contribution in [0.15, 0.2) is 0 Å². The smallest absolute Gasteiger partial charge is 0.220 e. The van der Waals surface area contributed by atoms with Crippen LogP contribution in [-0.2, 0) is 4.79 Å². The molecule has 0 aliphatic carbocycles. The van der Waals surface area contributed by atoms with E-state index in [-0.39, 0.29) is 11.4 Å². The van der Waals surface area contributed by atoms with Gasteiger partial charge in [-0.3, -0.25) is 4.79 Å². The maximum absolute atomic E-state index is 10.7. The standard InChI is InChI=1S/C6H12N2O/c1-6(4-7)3-2-5(9)8-6/h2-4,7H2,1H3,(H,8,9)/t6-/m1/s1. The summed E-state index contributed by atoms with van der Waals surface area (Å²) in [6, 6.07) is 0. The first-order valence-electron chi connectivity index (χ1n) is 3.17. The Morgan fingerprint density at radius 3 is 2.78 bits per heavy atom. The molecule has 52 valence electrons. The summed E-state index contributed by atoms with van der Waals surface area (Å²) in [5, 5.41) is 2.82. The summed E-state index contributed by atoms with van der Waals surface area (Å²) in [5.41, 5.74) is 5.30. The molecule has 0 saturated carbocycles. The minimum absolute atomic E-state index is 0.114. The van der Waals surface area contributed by atoms with Crippen molar-refractivity contribution in [3.05, 3.63) is 0 Å². The molecule has 1 heterocycles. The van der Waals surface area contributed by atoms with Crippen LogP contribution in [0.25, 0.3) is 0 Å². The lowest BCUT2D eigenvalue weighted by Gasteiger charge is -2.20. The van der Waals surface area contributed by atoms with Crippen molar-refractivity contribution in [3.63, 3.8) is 0 Å². The number of amides is 1. The predicted molar refractivity (Wildman–Crippen MR) is 34.8 cm³/mol. The van der Waals surface area contributed by atoms with E-state index in [4.69, 9.17) is 5.73 Å². The zero-order valence-corrected chi connectivity index (χ0v) is 5.61. The first-order valence-corrected chi connectivity index (χ1v) is 3.17. The third-order valence-corrected chi connectivity index (χ3v) is 1.80. The molecule has 0 aromatic carbocycles. The van der Waals surface area contributed by atoms with Gasteiger partial charge < -0.3 is 11.1 Å². The minimum atomic E-state index is -0.114. The topological polar surface area (TPSA) is 55.1 Å². The fourth-order valence-corrected chi connectivity index (χ4v) is 1.00. The Morgan fingerprint density at radius 1 is 1.89 bits per heavy atom. The lowest BCUT2D eigenvalue weighted by molar-refractivity contribution is -0.119. The van der Waals surface area contributed by atoms with Crippen molar-refractivity contribution in [2.75, 3.05) is 6.54 Å². The lowest BCUT2D eigenvalue weighted by atomic mass is 10.0. The van der Waals surface area contributed by atoms with Crippen LogP contribution in [0.5, 0.6) is 0 Å². The maximum Gasteiger partial charge on any atom is 0.220 e. The van der Waals surface area contributed by atoms with Crippen molar-refractivity contribution in [3.8, 4) is 0 Å². The molecule has 0 aromatic rings. The summed E-state index contributed by atoms with van der Waals surface area (Å²) in [5.74, 6) is 0.128. The second-order valence-corrected chi connectivity index (χ2v) is 2.81. The second kappa shape index (κ2) is 1.99. The van der Waals surface area contributed by atoms with Crippen LogP contribution < -0.4 is 11.1 Å². The third-order valence-electron chi connectivity index (χ3n) is 1.80. The molecule has 0 aromatic heterocycles. The monoisotopic (exact) mass is 128 g/mol. The highest BCUT2D eigenvalue weighted by Gasteiger charge is 2.30. The molecule has 1 atom stereocenters. The van der Waals surface area contributed by atoms with Gasteiger partial charge in [0.2, 0.25) is 5.91 Å². The summed E-state index contributed by atoms with van der Waals surface area (Å²) in [4.78, 5) is 10.7. The van der Waals surface area contributed by atoms with Gasteiger partial charge in [0.15, 0.2) is 0 Å². The summed E-state index contributed by atoms with van der Waals surface area (Å²) in [6.07, 6.45) is 1.51. The van der Waals surface area contributed by atoms with Gasteiger partial charge in [-0.1, -0.05) is 0 Å². The van der Waals surface area contributed by atoms with Gasteiger partial charge in [-0.2, -0.15) is 0 Å². The summed E-state index contributed by atoms with van der Waals surface area (Å²) in [7, 11) is 0. The number of rotatable bonds is 1. The Kier molecular flexibility index (Phi) is 1.45. The first-order chi connectivity index (χ1) is 4.16. The zero-order chi connectivity index (χ0) is 6.91. The Balaban J connectivity index is 2.54. The molecule has 1 aliphatic rings. The molecule has 3 nitrogen and oxygen atoms in total. The average molecular weight is 128 g/mol. The van der Waals surface area contributed by atoms with E-state index >= 15 is 0 Å². The molecule has 1 rings (SSSR count). The van der Waals surface area contributed by atoms with Crippen LogP contribution >= 0.6 is 0 Å². The van der Waals surface area contributed by atoms with Gasteiger partial charge in [-0.15, -0.1) is 0 Å². The van der Waals surface area contributed by atoms with E-state index in [1.54, 1.807) is 0 Å². The van der Waals surface area contributed by atoms with Crippen LogP contribution in [0, 0.1) is 0 Å². The van der Waals surface area contributed by atoms with Gasteiger partial charge in [-0.25, -0.2) is 0 Å². The fraction of sp³-hybridized carbons (Fsp3) is 0.833. The van der Waals surface area contributed by atoms with Gasteiger partial charge in [0.05, 0.1) is 0 Å². The van der Waals surface area contributed by atoms with E-state index in [9.17, 15) is 4.79 Å². The molecule has 0 spiro atoms. The Bertz CT molecular complexity index is 135. The van der Waals surface area contributed by atoms with Crippen LogP contribution in [0.4, 0.5) is 0 Å². The number of hydrogen-bond donors (Lipinski definition) is 2. The van der Waals surface area contributed by atoms with Gasteiger partial charge in [-0.05, 0) is 13.3 Å². The predicted octanol–water partition coefficient (Wildman–Crippen LogP) is -0.386. The van der Waals surface area contributed by atoms with Crippen LogP contribution in [0.2, 0.25) is 0 Å². The minimum Gasteiger partial charge on any atom is -0.350 e. The SMILES string of the molecule is C[C@]1(CN)CCC(=O)N1. The highest BCUT2D eigenvalue weighted by Crippen LogP contribution is 2.16. The van der Waals surface area contributed by atoms with Crippen molar-refractivity contribution in [1.82, 2.24) is 5.32 Å². The van der Waals surface area contributed by atoms with E-state index in [0.717, 1.165) is 6.42 Å². The van der Waals surface area contributed by atoms with E-state index in [2.05, 4.69) is 5.32 Å². The van der Waals surface area contributed by atoms with E-state index < -0.39 is 0 Å². The van der Waals surface area contributed by atoms with Crippen molar-refractivity contribution in [2.24, 2.45) is 5.73 Å². The normalized spacial score (nSPS) is 34.7. The Labute approximate surface area is 54.6 Å². The highest BCUT2D eigenvalue weighted by atomic mass is 16.2. The van der Waals surface area contributed by atoms with Crippen molar-refractivity contribution >= 4 is 5.91 Å². The van der Waals surface area contributed by atoms with Gasteiger partial charge >= 0.3 is 0 Å². The number of carbonyl (C=O) groups is 1.